The Kier molecular flexibility index (Phi) is 4.58. The number of amides is 1. The summed E-state index contributed by atoms with van der Waals surface area (Å²) in [5.74, 6) is -0.355. The first kappa shape index (κ1) is 15.1. The van der Waals surface area contributed by atoms with Gasteiger partial charge in [-0.05, 0) is 35.9 Å². The average molecular weight is 370 g/mol. The molecule has 0 aliphatic rings. The lowest BCUT2D eigenvalue weighted by Crippen LogP contribution is -2.17. The van der Waals surface area contributed by atoms with Crippen molar-refractivity contribution in [3.63, 3.8) is 0 Å². The van der Waals surface area contributed by atoms with Crippen molar-refractivity contribution >= 4 is 28.1 Å². The van der Waals surface area contributed by atoms with Gasteiger partial charge in [-0.25, -0.2) is 5.43 Å². The summed E-state index contributed by atoms with van der Waals surface area (Å²) >= 11 is 3.38. The van der Waals surface area contributed by atoms with Crippen molar-refractivity contribution in [2.45, 2.75) is 0 Å². The molecule has 0 unspecified atom stereocenters. The molecule has 0 bridgehead atoms. The number of rotatable bonds is 4. The van der Waals surface area contributed by atoms with Crippen LogP contribution in [-0.4, -0.2) is 27.3 Å². The Balaban J connectivity index is 1.67. The number of aromatic nitrogens is 3. The van der Waals surface area contributed by atoms with Crippen molar-refractivity contribution < 1.29 is 4.79 Å². The van der Waals surface area contributed by atoms with Crippen LogP contribution in [0.25, 0.3) is 11.3 Å². The summed E-state index contributed by atoms with van der Waals surface area (Å²) in [4.78, 5) is 15.9. The fourth-order valence-electron chi connectivity index (χ4n) is 1.88. The van der Waals surface area contributed by atoms with Crippen molar-refractivity contribution in [1.29, 1.82) is 0 Å². The second kappa shape index (κ2) is 6.97. The predicted molar refractivity (Wildman–Crippen MR) is 91.0 cm³/mol. The third-order valence-corrected chi connectivity index (χ3v) is 3.58. The molecule has 0 radical (unpaired) electrons. The highest BCUT2D eigenvalue weighted by Gasteiger charge is 2.10. The van der Waals surface area contributed by atoms with E-state index in [9.17, 15) is 4.79 Å². The molecule has 6 nitrogen and oxygen atoms in total. The van der Waals surface area contributed by atoms with Crippen molar-refractivity contribution in [3.05, 3.63) is 70.6 Å². The predicted octanol–water partition coefficient (Wildman–Crippen LogP) is 3.00. The number of pyridine rings is 1. The molecule has 114 valence electrons. The Bertz CT molecular complexity index is 827. The molecule has 7 heteroatoms. The van der Waals surface area contributed by atoms with Gasteiger partial charge in [0.2, 0.25) is 0 Å². The normalized spacial score (nSPS) is 10.8. The standard InChI is InChI=1S/C16H12BrN5O/c17-13-3-1-12(2-4-13)14-9-15(21-20-14)16(23)22-19-10-11-5-7-18-8-6-11/h1-10H,(H,20,21)(H,22,23)/b19-10+. The van der Waals surface area contributed by atoms with E-state index in [1.165, 1.54) is 0 Å². The molecule has 0 aliphatic heterocycles. The second-order valence-corrected chi connectivity index (χ2v) is 5.57. The Hall–Kier alpha value is -2.80. The van der Waals surface area contributed by atoms with Crippen LogP contribution in [-0.2, 0) is 0 Å². The molecule has 3 rings (SSSR count). The van der Waals surface area contributed by atoms with Gasteiger partial charge >= 0.3 is 0 Å². The van der Waals surface area contributed by atoms with Gasteiger partial charge in [0.1, 0.15) is 5.69 Å². The number of hydrogen-bond acceptors (Lipinski definition) is 4. The van der Waals surface area contributed by atoms with Gasteiger partial charge in [0.15, 0.2) is 0 Å². The molecule has 2 aromatic heterocycles. The Morgan fingerprint density at radius 3 is 2.65 bits per heavy atom. The fraction of sp³-hybridized carbons (Fsp3) is 0. The molecule has 0 saturated heterocycles. The number of carbonyl (C=O) groups excluding carboxylic acids is 1. The lowest BCUT2D eigenvalue weighted by atomic mass is 10.1. The maximum absolute atomic E-state index is 12.0. The number of halogens is 1. The van der Waals surface area contributed by atoms with Gasteiger partial charge in [-0.3, -0.25) is 14.9 Å². The molecule has 0 saturated carbocycles. The van der Waals surface area contributed by atoms with E-state index < -0.39 is 0 Å². The summed E-state index contributed by atoms with van der Waals surface area (Å²) < 4.78 is 0.986. The summed E-state index contributed by atoms with van der Waals surface area (Å²) in [5, 5.41) is 10.8. The number of benzene rings is 1. The molecule has 23 heavy (non-hydrogen) atoms. The van der Waals surface area contributed by atoms with Crippen molar-refractivity contribution in [2.75, 3.05) is 0 Å². The Morgan fingerprint density at radius 2 is 1.91 bits per heavy atom. The topological polar surface area (TPSA) is 83.0 Å². The number of carbonyl (C=O) groups is 1. The van der Waals surface area contributed by atoms with E-state index in [1.54, 1.807) is 36.8 Å². The quantitative estimate of drug-likeness (QED) is 0.547. The summed E-state index contributed by atoms with van der Waals surface area (Å²) in [7, 11) is 0. The highest BCUT2D eigenvalue weighted by molar-refractivity contribution is 9.10. The minimum atomic E-state index is -0.355. The highest BCUT2D eigenvalue weighted by atomic mass is 79.9. The van der Waals surface area contributed by atoms with E-state index in [2.05, 4.69) is 41.6 Å². The smallest absolute Gasteiger partial charge is 0.272 e. The number of H-pyrrole nitrogens is 1. The maximum Gasteiger partial charge on any atom is 0.289 e. The largest absolute Gasteiger partial charge is 0.289 e. The minimum Gasteiger partial charge on any atom is -0.272 e. The molecule has 0 fully saturated rings. The maximum atomic E-state index is 12.0. The average Bonchev–Trinajstić information content (AvgIpc) is 3.06. The van der Waals surface area contributed by atoms with Crippen LogP contribution >= 0.6 is 15.9 Å². The lowest BCUT2D eigenvalue weighted by molar-refractivity contribution is 0.0950. The van der Waals surface area contributed by atoms with Crippen LogP contribution in [0.2, 0.25) is 0 Å². The van der Waals surface area contributed by atoms with Crippen LogP contribution in [0.15, 0.2) is 64.4 Å². The molecular weight excluding hydrogens is 358 g/mol. The fourth-order valence-corrected chi connectivity index (χ4v) is 2.15. The van der Waals surface area contributed by atoms with Gasteiger partial charge in [0.05, 0.1) is 11.9 Å². The van der Waals surface area contributed by atoms with Gasteiger partial charge in [0, 0.05) is 22.4 Å². The first-order valence-corrected chi connectivity index (χ1v) is 7.56. The zero-order valence-electron chi connectivity index (χ0n) is 11.9. The molecule has 0 atom stereocenters. The van der Waals surface area contributed by atoms with Gasteiger partial charge < -0.3 is 0 Å². The zero-order chi connectivity index (χ0) is 16.1. The monoisotopic (exact) mass is 369 g/mol. The molecular formula is C16H12BrN5O. The van der Waals surface area contributed by atoms with Crippen molar-refractivity contribution in [3.8, 4) is 11.3 Å². The molecule has 3 aromatic rings. The number of nitrogens with zero attached hydrogens (tertiary/aromatic N) is 3. The number of hydrogen-bond donors (Lipinski definition) is 2. The Morgan fingerprint density at radius 1 is 1.17 bits per heavy atom. The van der Waals surface area contributed by atoms with Gasteiger partial charge in [-0.1, -0.05) is 28.1 Å². The van der Waals surface area contributed by atoms with Gasteiger partial charge in [-0.15, -0.1) is 0 Å². The second-order valence-electron chi connectivity index (χ2n) is 4.65. The van der Waals surface area contributed by atoms with Crippen LogP contribution in [0.1, 0.15) is 16.1 Å². The molecule has 1 amide bonds. The van der Waals surface area contributed by atoms with Crippen LogP contribution in [0, 0.1) is 0 Å². The third kappa shape index (κ3) is 3.89. The highest BCUT2D eigenvalue weighted by Crippen LogP contribution is 2.20. The molecule has 2 heterocycles. The van der Waals surface area contributed by atoms with Crippen LogP contribution in [0.5, 0.6) is 0 Å². The van der Waals surface area contributed by atoms with Crippen LogP contribution in [0.3, 0.4) is 0 Å². The SMILES string of the molecule is O=C(N/N=C/c1ccncc1)c1cc(-c2ccc(Br)cc2)n[nH]1. The summed E-state index contributed by atoms with van der Waals surface area (Å²) in [5.41, 5.74) is 5.26. The van der Waals surface area contributed by atoms with Crippen molar-refractivity contribution in [1.82, 2.24) is 20.6 Å². The summed E-state index contributed by atoms with van der Waals surface area (Å²) in [6.07, 6.45) is 4.86. The van der Waals surface area contributed by atoms with Crippen LogP contribution in [0.4, 0.5) is 0 Å². The minimum absolute atomic E-state index is 0.342. The number of hydrazone groups is 1. The molecule has 0 spiro atoms. The third-order valence-electron chi connectivity index (χ3n) is 3.05. The van der Waals surface area contributed by atoms with Crippen LogP contribution < -0.4 is 5.43 Å². The zero-order valence-corrected chi connectivity index (χ0v) is 13.5. The number of nitrogens with one attached hydrogen (secondary N) is 2. The molecule has 2 N–H and O–H groups in total. The lowest BCUT2D eigenvalue weighted by Gasteiger charge is -1.96. The van der Waals surface area contributed by atoms with E-state index in [-0.39, 0.29) is 5.91 Å². The van der Waals surface area contributed by atoms with E-state index >= 15 is 0 Å². The molecule has 0 aliphatic carbocycles. The van der Waals surface area contributed by atoms with E-state index in [0.717, 1.165) is 15.6 Å². The summed E-state index contributed by atoms with van der Waals surface area (Å²) in [6, 6.07) is 12.9. The summed E-state index contributed by atoms with van der Waals surface area (Å²) in [6.45, 7) is 0. The number of aromatic amines is 1. The van der Waals surface area contributed by atoms with Gasteiger partial charge in [-0.2, -0.15) is 10.2 Å². The molecule has 1 aromatic carbocycles. The van der Waals surface area contributed by atoms with Gasteiger partial charge in [0.25, 0.3) is 5.91 Å². The first-order chi connectivity index (χ1) is 11.2. The Labute approximate surface area is 140 Å². The van der Waals surface area contributed by atoms with Crippen molar-refractivity contribution in [2.24, 2.45) is 5.10 Å². The van der Waals surface area contributed by atoms with E-state index in [4.69, 9.17) is 0 Å². The van der Waals surface area contributed by atoms with E-state index in [1.807, 2.05) is 24.3 Å². The van der Waals surface area contributed by atoms with E-state index in [0.29, 0.717) is 11.4 Å². The first-order valence-electron chi connectivity index (χ1n) is 6.77.